The van der Waals surface area contributed by atoms with Crippen LogP contribution in [0.3, 0.4) is 0 Å². The molecule has 2 aromatic heterocycles. The number of benzene rings is 1. The molecule has 3 rings (SSSR count). The molecule has 2 N–H and O–H groups in total. The lowest BCUT2D eigenvalue weighted by Crippen LogP contribution is -2.36. The Bertz CT molecular complexity index is 844. The molecule has 0 aliphatic rings. The monoisotopic (exact) mass is 354 g/mol. The van der Waals surface area contributed by atoms with Crippen LogP contribution in [-0.2, 0) is 13.1 Å². The standard InChI is InChI=1S/C18H19ClN6/c1-20-18(23-13-15-5-2-3-6-16(15)19)22-12-14-7-9-21-17(11-14)25-10-4-8-24-25/h2-11H,12-13H2,1H3,(H2,20,22,23). The van der Waals surface area contributed by atoms with E-state index in [-0.39, 0.29) is 0 Å². The summed E-state index contributed by atoms with van der Waals surface area (Å²) < 4.78 is 1.73. The highest BCUT2D eigenvalue weighted by Crippen LogP contribution is 2.14. The van der Waals surface area contributed by atoms with Gasteiger partial charge in [0.05, 0.1) is 0 Å². The maximum Gasteiger partial charge on any atom is 0.191 e. The maximum atomic E-state index is 6.17. The minimum Gasteiger partial charge on any atom is -0.352 e. The van der Waals surface area contributed by atoms with Gasteiger partial charge in [-0.1, -0.05) is 29.8 Å². The van der Waals surface area contributed by atoms with E-state index in [0.29, 0.717) is 19.0 Å². The molecule has 7 heteroatoms. The maximum absolute atomic E-state index is 6.17. The second kappa shape index (κ2) is 8.30. The summed E-state index contributed by atoms with van der Waals surface area (Å²) >= 11 is 6.17. The van der Waals surface area contributed by atoms with Crippen molar-refractivity contribution in [3.63, 3.8) is 0 Å². The lowest BCUT2D eigenvalue weighted by atomic mass is 10.2. The van der Waals surface area contributed by atoms with E-state index in [4.69, 9.17) is 11.6 Å². The summed E-state index contributed by atoms with van der Waals surface area (Å²) in [6.07, 6.45) is 5.37. The molecule has 1 aromatic carbocycles. The van der Waals surface area contributed by atoms with Gasteiger partial charge in [-0.25, -0.2) is 9.67 Å². The van der Waals surface area contributed by atoms with E-state index in [9.17, 15) is 0 Å². The van der Waals surface area contributed by atoms with Crippen molar-refractivity contribution >= 4 is 17.6 Å². The van der Waals surface area contributed by atoms with Gasteiger partial charge in [0.1, 0.15) is 0 Å². The molecule has 2 heterocycles. The molecule has 0 saturated heterocycles. The van der Waals surface area contributed by atoms with Crippen LogP contribution in [0.2, 0.25) is 5.02 Å². The molecule has 0 bridgehead atoms. The van der Waals surface area contributed by atoms with Crippen LogP contribution >= 0.6 is 11.6 Å². The summed E-state index contributed by atoms with van der Waals surface area (Å²) in [6.45, 7) is 1.23. The van der Waals surface area contributed by atoms with Crippen molar-refractivity contribution in [2.24, 2.45) is 4.99 Å². The van der Waals surface area contributed by atoms with Crippen LogP contribution in [0, 0.1) is 0 Å². The van der Waals surface area contributed by atoms with Crippen molar-refractivity contribution in [3.05, 3.63) is 77.2 Å². The fraction of sp³-hybridized carbons (Fsp3) is 0.167. The quantitative estimate of drug-likeness (QED) is 0.546. The first-order valence-electron chi connectivity index (χ1n) is 7.89. The third kappa shape index (κ3) is 4.58. The number of aromatic nitrogens is 3. The molecule has 0 amide bonds. The van der Waals surface area contributed by atoms with Gasteiger partial charge in [0.2, 0.25) is 0 Å². The molecule has 0 fully saturated rings. The van der Waals surface area contributed by atoms with Crippen LogP contribution in [0.1, 0.15) is 11.1 Å². The topological polar surface area (TPSA) is 67.1 Å². The first-order chi connectivity index (χ1) is 12.3. The molecular weight excluding hydrogens is 336 g/mol. The molecule has 0 aliphatic heterocycles. The SMILES string of the molecule is CN=C(NCc1ccnc(-n2cccn2)c1)NCc1ccccc1Cl. The number of rotatable bonds is 5. The third-order valence-electron chi connectivity index (χ3n) is 3.64. The van der Waals surface area contributed by atoms with Crippen LogP contribution in [0.4, 0.5) is 0 Å². The molecule has 0 spiro atoms. The van der Waals surface area contributed by atoms with Crippen LogP contribution in [0.25, 0.3) is 5.82 Å². The largest absolute Gasteiger partial charge is 0.352 e. The van der Waals surface area contributed by atoms with E-state index >= 15 is 0 Å². The summed E-state index contributed by atoms with van der Waals surface area (Å²) in [5.74, 6) is 1.49. The number of pyridine rings is 1. The second-order valence-electron chi connectivity index (χ2n) is 5.34. The van der Waals surface area contributed by atoms with Gasteiger partial charge in [-0.3, -0.25) is 4.99 Å². The van der Waals surface area contributed by atoms with Gasteiger partial charge >= 0.3 is 0 Å². The van der Waals surface area contributed by atoms with Gasteiger partial charge < -0.3 is 10.6 Å². The van der Waals surface area contributed by atoms with Gasteiger partial charge in [-0.2, -0.15) is 5.10 Å². The molecule has 0 aliphatic carbocycles. The summed E-state index contributed by atoms with van der Waals surface area (Å²) in [5.41, 5.74) is 2.11. The Hall–Kier alpha value is -2.86. The van der Waals surface area contributed by atoms with E-state index in [1.165, 1.54) is 0 Å². The zero-order valence-corrected chi connectivity index (χ0v) is 14.6. The predicted octanol–water partition coefficient (Wildman–Crippen LogP) is 2.79. The Morgan fingerprint density at radius 1 is 1.12 bits per heavy atom. The minimum atomic E-state index is 0.605. The molecule has 0 saturated carbocycles. The normalized spacial score (nSPS) is 11.4. The lowest BCUT2D eigenvalue weighted by Gasteiger charge is -2.13. The summed E-state index contributed by atoms with van der Waals surface area (Å²) in [5, 5.41) is 11.5. The molecule has 0 unspecified atom stereocenters. The summed E-state index contributed by atoms with van der Waals surface area (Å²) in [7, 11) is 1.74. The zero-order valence-electron chi connectivity index (χ0n) is 13.9. The first-order valence-corrected chi connectivity index (χ1v) is 8.27. The number of guanidine groups is 1. The van der Waals surface area contributed by atoms with Crippen molar-refractivity contribution in [1.29, 1.82) is 0 Å². The molecule has 128 valence electrons. The number of aliphatic imine (C=N–C) groups is 1. The molecule has 0 atom stereocenters. The number of hydrogen-bond acceptors (Lipinski definition) is 3. The van der Waals surface area contributed by atoms with Crippen LogP contribution in [0.5, 0.6) is 0 Å². The van der Waals surface area contributed by atoms with Gasteiger partial charge in [0.25, 0.3) is 0 Å². The number of nitrogens with zero attached hydrogens (tertiary/aromatic N) is 4. The number of nitrogens with one attached hydrogen (secondary N) is 2. The first kappa shape index (κ1) is 17.0. The molecule has 6 nitrogen and oxygen atoms in total. The fourth-order valence-electron chi connectivity index (χ4n) is 2.33. The third-order valence-corrected chi connectivity index (χ3v) is 4.01. The van der Waals surface area contributed by atoms with Crippen molar-refractivity contribution in [2.45, 2.75) is 13.1 Å². The minimum absolute atomic E-state index is 0.605. The summed E-state index contributed by atoms with van der Waals surface area (Å²) in [6, 6.07) is 13.6. The van der Waals surface area contributed by atoms with E-state index in [1.807, 2.05) is 48.7 Å². The fourth-order valence-corrected chi connectivity index (χ4v) is 2.53. The average Bonchev–Trinajstić information content (AvgIpc) is 3.18. The van der Waals surface area contributed by atoms with E-state index < -0.39 is 0 Å². The summed E-state index contributed by atoms with van der Waals surface area (Å²) in [4.78, 5) is 8.57. The number of hydrogen-bond donors (Lipinski definition) is 2. The Morgan fingerprint density at radius 2 is 1.96 bits per heavy atom. The van der Waals surface area contributed by atoms with Gasteiger partial charge in [-0.05, 0) is 35.4 Å². The molecule has 25 heavy (non-hydrogen) atoms. The van der Waals surface area contributed by atoms with E-state index in [0.717, 1.165) is 22.0 Å². The highest BCUT2D eigenvalue weighted by atomic mass is 35.5. The smallest absolute Gasteiger partial charge is 0.191 e. The van der Waals surface area contributed by atoms with Crippen LogP contribution < -0.4 is 10.6 Å². The predicted molar refractivity (Wildman–Crippen MR) is 99.8 cm³/mol. The number of halogens is 1. The van der Waals surface area contributed by atoms with Crippen LogP contribution in [-0.4, -0.2) is 27.8 Å². The Kier molecular flexibility index (Phi) is 5.64. The van der Waals surface area contributed by atoms with Crippen molar-refractivity contribution < 1.29 is 0 Å². The highest BCUT2D eigenvalue weighted by molar-refractivity contribution is 6.31. The van der Waals surface area contributed by atoms with Crippen molar-refractivity contribution in [2.75, 3.05) is 7.05 Å². The lowest BCUT2D eigenvalue weighted by molar-refractivity contribution is 0.800. The molecular formula is C18H19ClN6. The van der Waals surface area contributed by atoms with E-state index in [2.05, 4.69) is 25.7 Å². The Labute approximate surface area is 151 Å². The molecule has 3 aromatic rings. The second-order valence-corrected chi connectivity index (χ2v) is 5.75. The Balaban J connectivity index is 1.58. The zero-order chi connectivity index (χ0) is 17.5. The van der Waals surface area contributed by atoms with Gasteiger partial charge in [0.15, 0.2) is 11.8 Å². The average molecular weight is 355 g/mol. The Morgan fingerprint density at radius 3 is 2.72 bits per heavy atom. The van der Waals surface area contributed by atoms with Crippen LogP contribution in [0.15, 0.2) is 66.0 Å². The molecule has 0 radical (unpaired) electrons. The van der Waals surface area contributed by atoms with Crippen molar-refractivity contribution in [3.8, 4) is 5.82 Å². The van der Waals surface area contributed by atoms with E-state index in [1.54, 1.807) is 24.1 Å². The highest BCUT2D eigenvalue weighted by Gasteiger charge is 2.03. The van der Waals surface area contributed by atoms with Crippen molar-refractivity contribution in [1.82, 2.24) is 25.4 Å². The van der Waals surface area contributed by atoms with Gasteiger partial charge in [0, 0.05) is 43.8 Å². The van der Waals surface area contributed by atoms with Gasteiger partial charge in [-0.15, -0.1) is 0 Å².